The molecule has 0 heterocycles. The van der Waals surface area contributed by atoms with Crippen molar-refractivity contribution in [3.63, 3.8) is 0 Å². The first kappa shape index (κ1) is 24.3. The van der Waals surface area contributed by atoms with Gasteiger partial charge < -0.3 is 14.9 Å². The van der Waals surface area contributed by atoms with E-state index < -0.39 is 22.1 Å². The van der Waals surface area contributed by atoms with E-state index in [-0.39, 0.29) is 27.6 Å². The highest BCUT2D eigenvalue weighted by Crippen LogP contribution is 2.46. The van der Waals surface area contributed by atoms with Crippen LogP contribution in [0.15, 0.2) is 95.9 Å². The monoisotopic (exact) mass is 525 g/mol. The molecule has 0 aliphatic rings. The zero-order valence-corrected chi connectivity index (χ0v) is 19.6. The maximum atomic E-state index is 13.2. The quantitative estimate of drug-likeness (QED) is 0.220. The Labute approximate surface area is 209 Å². The van der Waals surface area contributed by atoms with Gasteiger partial charge in [0.25, 0.3) is 10.0 Å². The van der Waals surface area contributed by atoms with Crippen molar-refractivity contribution in [2.24, 2.45) is 0 Å². The molecular weight excluding hydrogens is 507 g/mol. The number of nitrogens with one attached hydrogen (secondary N) is 1. The smallest absolute Gasteiger partial charge is 0.507 e. The van der Waals surface area contributed by atoms with Crippen LogP contribution >= 0.6 is 0 Å². The molecule has 0 aliphatic carbocycles. The highest BCUT2D eigenvalue weighted by Gasteiger charge is 2.31. The lowest BCUT2D eigenvalue weighted by Crippen LogP contribution is -2.17. The number of aromatic hydroxyl groups is 2. The normalized spacial score (nSPS) is 12.1. The minimum absolute atomic E-state index is 0.103. The van der Waals surface area contributed by atoms with Crippen molar-refractivity contribution >= 4 is 37.3 Å². The number of anilines is 1. The lowest BCUT2D eigenvalue weighted by Gasteiger charge is -2.17. The number of phenols is 2. The van der Waals surface area contributed by atoms with E-state index in [1.165, 1.54) is 12.1 Å². The van der Waals surface area contributed by atoms with E-state index in [2.05, 4.69) is 9.46 Å². The highest BCUT2D eigenvalue weighted by atomic mass is 32.2. The van der Waals surface area contributed by atoms with Crippen LogP contribution in [0.5, 0.6) is 17.2 Å². The van der Waals surface area contributed by atoms with Crippen molar-refractivity contribution in [1.29, 1.82) is 0 Å². The Bertz CT molecular complexity index is 1750. The van der Waals surface area contributed by atoms with Crippen LogP contribution in [0.2, 0.25) is 0 Å². The summed E-state index contributed by atoms with van der Waals surface area (Å²) in [6, 6.07) is 22.2. The summed E-state index contributed by atoms with van der Waals surface area (Å²) < 4.78 is 70.0. The molecule has 0 saturated heterocycles. The lowest BCUT2D eigenvalue weighted by molar-refractivity contribution is -0.274. The van der Waals surface area contributed by atoms with Crippen molar-refractivity contribution in [3.8, 4) is 28.4 Å². The molecule has 5 rings (SSSR count). The van der Waals surface area contributed by atoms with Crippen LogP contribution in [-0.2, 0) is 10.0 Å². The molecule has 0 fully saturated rings. The average molecular weight is 526 g/mol. The van der Waals surface area contributed by atoms with E-state index in [1.807, 2.05) is 12.1 Å². The number of fused-ring (bicyclic) bond motifs is 2. The Kier molecular flexibility index (Phi) is 5.83. The number of halogens is 3. The number of alkyl halides is 3. The maximum absolute atomic E-state index is 13.2. The number of benzene rings is 5. The molecule has 10 heteroatoms. The molecule has 0 amide bonds. The van der Waals surface area contributed by atoms with E-state index in [4.69, 9.17) is 0 Å². The molecule has 0 atom stereocenters. The Balaban J connectivity index is 1.64. The van der Waals surface area contributed by atoms with Crippen molar-refractivity contribution in [2.45, 2.75) is 11.3 Å². The fourth-order valence-corrected chi connectivity index (χ4v) is 5.27. The standard InChI is InChI=1S/C27H18F3NO5S/c28-27(29,30)36-17-10-12-18(13-11-17)37(34,35)31-23-15-22(26(33)21-8-4-3-7-20(21)23)25-19-6-2-1-5-16(19)9-14-24(25)32/h1-15,31-33H. The number of rotatable bonds is 5. The summed E-state index contributed by atoms with van der Waals surface area (Å²) in [4.78, 5) is -0.297. The van der Waals surface area contributed by atoms with Gasteiger partial charge in [-0.25, -0.2) is 8.42 Å². The van der Waals surface area contributed by atoms with Crippen LogP contribution < -0.4 is 9.46 Å². The van der Waals surface area contributed by atoms with Gasteiger partial charge in [0.1, 0.15) is 17.2 Å². The SMILES string of the molecule is O=S(=O)(Nc1cc(-c2c(O)ccc3ccccc23)c(O)c2ccccc12)c1ccc(OC(F)(F)F)cc1. The van der Waals surface area contributed by atoms with E-state index in [9.17, 15) is 31.8 Å². The summed E-state index contributed by atoms with van der Waals surface area (Å²) >= 11 is 0. The second kappa shape index (κ2) is 8.90. The third kappa shape index (κ3) is 4.70. The first-order valence-corrected chi connectivity index (χ1v) is 12.4. The Morgan fingerprint density at radius 3 is 2.05 bits per heavy atom. The van der Waals surface area contributed by atoms with Crippen LogP contribution in [0.1, 0.15) is 0 Å². The van der Waals surface area contributed by atoms with Crippen LogP contribution in [0.4, 0.5) is 18.9 Å². The van der Waals surface area contributed by atoms with Crippen molar-refractivity contribution in [2.75, 3.05) is 4.72 Å². The van der Waals surface area contributed by atoms with Gasteiger partial charge in [-0.15, -0.1) is 13.2 Å². The van der Waals surface area contributed by atoms with Gasteiger partial charge in [-0.2, -0.15) is 0 Å². The van der Waals surface area contributed by atoms with Gasteiger partial charge in [-0.1, -0.05) is 54.6 Å². The number of phenolic OH excluding ortho intramolecular Hbond substituents is 2. The minimum atomic E-state index is -4.91. The summed E-state index contributed by atoms with van der Waals surface area (Å²) in [5, 5.41) is 24.0. The third-order valence-electron chi connectivity index (χ3n) is 5.80. The van der Waals surface area contributed by atoms with Gasteiger partial charge in [-0.3, -0.25) is 4.72 Å². The van der Waals surface area contributed by atoms with Crippen LogP contribution in [0.3, 0.4) is 0 Å². The molecule has 6 nitrogen and oxygen atoms in total. The fraction of sp³-hybridized carbons (Fsp3) is 0.0370. The molecule has 0 aliphatic heterocycles. The van der Waals surface area contributed by atoms with Gasteiger partial charge in [0.05, 0.1) is 10.6 Å². The molecule has 0 spiro atoms. The molecule has 5 aromatic rings. The molecule has 3 N–H and O–H groups in total. The molecule has 0 bridgehead atoms. The zero-order valence-electron chi connectivity index (χ0n) is 18.8. The lowest BCUT2D eigenvalue weighted by atomic mass is 9.93. The molecule has 0 saturated carbocycles. The van der Waals surface area contributed by atoms with E-state index >= 15 is 0 Å². The van der Waals surface area contributed by atoms with E-state index in [0.29, 0.717) is 21.7 Å². The Morgan fingerprint density at radius 2 is 1.38 bits per heavy atom. The van der Waals surface area contributed by atoms with Gasteiger partial charge in [0.15, 0.2) is 0 Å². The van der Waals surface area contributed by atoms with Crippen LogP contribution in [-0.4, -0.2) is 25.0 Å². The van der Waals surface area contributed by atoms with E-state index in [1.54, 1.807) is 42.5 Å². The van der Waals surface area contributed by atoms with E-state index in [0.717, 1.165) is 29.7 Å². The Hall–Kier alpha value is -4.44. The van der Waals surface area contributed by atoms with Gasteiger partial charge in [0, 0.05) is 21.9 Å². The molecule has 188 valence electrons. The molecule has 5 aromatic carbocycles. The molecular formula is C27H18F3NO5S. The van der Waals surface area contributed by atoms with Crippen molar-refractivity contribution in [1.82, 2.24) is 0 Å². The zero-order chi connectivity index (χ0) is 26.4. The number of hydrogen-bond acceptors (Lipinski definition) is 5. The second-order valence-electron chi connectivity index (χ2n) is 8.17. The first-order chi connectivity index (χ1) is 17.5. The number of hydrogen-bond donors (Lipinski definition) is 3. The topological polar surface area (TPSA) is 95.9 Å². The first-order valence-electron chi connectivity index (χ1n) is 10.9. The van der Waals surface area contributed by atoms with Gasteiger partial charge in [0.2, 0.25) is 0 Å². The molecule has 0 unspecified atom stereocenters. The highest BCUT2D eigenvalue weighted by molar-refractivity contribution is 7.92. The summed E-state index contributed by atoms with van der Waals surface area (Å²) in [6.07, 6.45) is -4.91. The average Bonchev–Trinajstić information content (AvgIpc) is 2.85. The molecule has 0 aromatic heterocycles. The predicted octanol–water partition coefficient (Wildman–Crippen LogP) is 6.77. The van der Waals surface area contributed by atoms with Crippen LogP contribution in [0, 0.1) is 0 Å². The van der Waals surface area contributed by atoms with Gasteiger partial charge in [-0.05, 0) is 47.2 Å². The van der Waals surface area contributed by atoms with Crippen molar-refractivity contribution in [3.05, 3.63) is 91.0 Å². The number of sulfonamides is 1. The maximum Gasteiger partial charge on any atom is 0.573 e. The Morgan fingerprint density at radius 1 is 0.757 bits per heavy atom. The number of ether oxygens (including phenoxy) is 1. The predicted molar refractivity (Wildman–Crippen MR) is 134 cm³/mol. The second-order valence-corrected chi connectivity index (χ2v) is 9.85. The van der Waals surface area contributed by atoms with Crippen molar-refractivity contribution < 1.29 is 36.5 Å². The summed E-state index contributed by atoms with van der Waals surface area (Å²) in [7, 11) is -4.26. The van der Waals surface area contributed by atoms with Crippen LogP contribution in [0.25, 0.3) is 32.7 Å². The minimum Gasteiger partial charge on any atom is -0.507 e. The largest absolute Gasteiger partial charge is 0.573 e. The summed E-state index contributed by atoms with van der Waals surface area (Å²) in [5.74, 6) is -0.826. The third-order valence-corrected chi connectivity index (χ3v) is 7.19. The fourth-order valence-electron chi connectivity index (χ4n) is 4.20. The molecule has 37 heavy (non-hydrogen) atoms. The summed E-state index contributed by atoms with van der Waals surface area (Å²) in [5.41, 5.74) is 0.612. The summed E-state index contributed by atoms with van der Waals surface area (Å²) in [6.45, 7) is 0. The van der Waals surface area contributed by atoms with Gasteiger partial charge >= 0.3 is 6.36 Å². The molecule has 0 radical (unpaired) electrons.